The molecule has 2 N–H and O–H groups in total. The zero-order valence-electron chi connectivity index (χ0n) is 6.90. The second-order valence-corrected chi connectivity index (χ2v) is 4.79. The third-order valence-corrected chi connectivity index (χ3v) is 2.50. The molecule has 1 aliphatic carbocycles. The second-order valence-electron chi connectivity index (χ2n) is 3.01. The maximum absolute atomic E-state index is 10.8. The van der Waals surface area contributed by atoms with E-state index in [9.17, 15) is 13.5 Å². The number of hydrogen-bond acceptors (Lipinski definition) is 3. The van der Waals surface area contributed by atoms with Crippen LogP contribution in [0.4, 0.5) is 0 Å². The molecule has 0 bridgehead atoms. The molecular weight excluding hydrogens is 178 g/mol. The minimum Gasteiger partial charge on any atom is -0.391 e. The smallest absolute Gasteiger partial charge is 0.209 e. The largest absolute Gasteiger partial charge is 0.391 e. The number of aliphatic hydroxyl groups excluding tert-OH is 1. The fourth-order valence-electron chi connectivity index (χ4n) is 1.20. The Balaban J connectivity index is 2.58. The Morgan fingerprint density at radius 2 is 2.00 bits per heavy atom. The highest BCUT2D eigenvalue weighted by Crippen LogP contribution is 2.12. The SMILES string of the molecule is CS(=O)(=O)N[C@@H]1CC=CC[C@@H]1O. The van der Waals surface area contributed by atoms with Crippen LogP contribution in [0.25, 0.3) is 0 Å². The summed E-state index contributed by atoms with van der Waals surface area (Å²) in [5, 5.41) is 9.35. The summed E-state index contributed by atoms with van der Waals surface area (Å²) in [4.78, 5) is 0. The summed E-state index contributed by atoms with van der Waals surface area (Å²) in [5.41, 5.74) is 0. The number of nitrogens with one attached hydrogen (secondary N) is 1. The number of aliphatic hydroxyl groups is 1. The maximum Gasteiger partial charge on any atom is 0.209 e. The van der Waals surface area contributed by atoms with Crippen LogP contribution in [0.3, 0.4) is 0 Å². The van der Waals surface area contributed by atoms with Crippen molar-refractivity contribution in [3.8, 4) is 0 Å². The highest BCUT2D eigenvalue weighted by molar-refractivity contribution is 7.88. The van der Waals surface area contributed by atoms with E-state index in [-0.39, 0.29) is 6.04 Å². The van der Waals surface area contributed by atoms with E-state index in [2.05, 4.69) is 4.72 Å². The summed E-state index contributed by atoms with van der Waals surface area (Å²) in [6, 6.07) is -0.356. The third-order valence-electron chi connectivity index (χ3n) is 1.76. The Kier molecular flexibility index (Phi) is 2.87. The van der Waals surface area contributed by atoms with Gasteiger partial charge < -0.3 is 5.11 Å². The molecule has 0 aromatic carbocycles. The van der Waals surface area contributed by atoms with Gasteiger partial charge in [0.15, 0.2) is 0 Å². The topological polar surface area (TPSA) is 66.4 Å². The molecule has 2 atom stereocenters. The van der Waals surface area contributed by atoms with Gasteiger partial charge in [0, 0.05) is 0 Å². The van der Waals surface area contributed by atoms with Crippen molar-refractivity contribution in [1.82, 2.24) is 4.72 Å². The van der Waals surface area contributed by atoms with Crippen LogP contribution in [0, 0.1) is 0 Å². The van der Waals surface area contributed by atoms with Crippen LogP contribution in [-0.2, 0) is 10.0 Å². The van der Waals surface area contributed by atoms with Crippen molar-refractivity contribution < 1.29 is 13.5 Å². The summed E-state index contributed by atoms with van der Waals surface area (Å²) < 4.78 is 24.0. The minimum absolute atomic E-state index is 0.356. The predicted molar refractivity (Wildman–Crippen MR) is 46.1 cm³/mol. The Morgan fingerprint density at radius 3 is 2.50 bits per heavy atom. The summed E-state index contributed by atoms with van der Waals surface area (Å²) in [6.07, 6.45) is 5.31. The van der Waals surface area contributed by atoms with E-state index in [0.29, 0.717) is 12.8 Å². The molecule has 0 aliphatic heterocycles. The van der Waals surface area contributed by atoms with E-state index in [0.717, 1.165) is 6.26 Å². The molecule has 1 rings (SSSR count). The molecule has 0 amide bonds. The first kappa shape index (κ1) is 9.70. The van der Waals surface area contributed by atoms with Crippen molar-refractivity contribution in [3.63, 3.8) is 0 Å². The van der Waals surface area contributed by atoms with Gasteiger partial charge in [-0.3, -0.25) is 0 Å². The van der Waals surface area contributed by atoms with E-state index < -0.39 is 16.1 Å². The van der Waals surface area contributed by atoms with Crippen LogP contribution < -0.4 is 4.72 Å². The van der Waals surface area contributed by atoms with Gasteiger partial charge in [-0.05, 0) is 12.8 Å². The molecule has 0 aromatic heterocycles. The lowest BCUT2D eigenvalue weighted by molar-refractivity contribution is 0.136. The first-order chi connectivity index (χ1) is 5.49. The normalized spacial score (nSPS) is 30.5. The summed E-state index contributed by atoms with van der Waals surface area (Å²) >= 11 is 0. The van der Waals surface area contributed by atoms with E-state index in [1.54, 1.807) is 0 Å². The first-order valence-corrected chi connectivity index (χ1v) is 5.68. The molecule has 0 fully saturated rings. The van der Waals surface area contributed by atoms with E-state index in [1.165, 1.54) is 0 Å². The van der Waals surface area contributed by atoms with Crippen LogP contribution in [-0.4, -0.2) is 31.9 Å². The van der Waals surface area contributed by atoms with Crippen LogP contribution in [0.2, 0.25) is 0 Å². The molecule has 0 saturated carbocycles. The van der Waals surface area contributed by atoms with Gasteiger partial charge in [0.25, 0.3) is 0 Å². The summed E-state index contributed by atoms with van der Waals surface area (Å²) in [7, 11) is -3.20. The van der Waals surface area contributed by atoms with Gasteiger partial charge >= 0.3 is 0 Å². The fraction of sp³-hybridized carbons (Fsp3) is 0.714. The molecule has 0 saturated heterocycles. The lowest BCUT2D eigenvalue weighted by Crippen LogP contribution is -2.43. The molecule has 0 unspecified atom stereocenters. The van der Waals surface area contributed by atoms with Crippen LogP contribution in [0.15, 0.2) is 12.2 Å². The Morgan fingerprint density at radius 1 is 1.42 bits per heavy atom. The van der Waals surface area contributed by atoms with Crippen molar-refractivity contribution >= 4 is 10.0 Å². The monoisotopic (exact) mass is 191 g/mol. The molecule has 4 nitrogen and oxygen atoms in total. The third kappa shape index (κ3) is 2.92. The molecule has 12 heavy (non-hydrogen) atoms. The van der Waals surface area contributed by atoms with Gasteiger partial charge in [-0.2, -0.15) is 0 Å². The van der Waals surface area contributed by atoms with Crippen LogP contribution >= 0.6 is 0 Å². The van der Waals surface area contributed by atoms with Gasteiger partial charge in [0.1, 0.15) is 0 Å². The van der Waals surface area contributed by atoms with Gasteiger partial charge in [0.2, 0.25) is 10.0 Å². The first-order valence-electron chi connectivity index (χ1n) is 3.79. The van der Waals surface area contributed by atoms with Crippen molar-refractivity contribution in [2.75, 3.05) is 6.26 Å². The highest BCUT2D eigenvalue weighted by Gasteiger charge is 2.22. The van der Waals surface area contributed by atoms with Crippen molar-refractivity contribution in [1.29, 1.82) is 0 Å². The van der Waals surface area contributed by atoms with Gasteiger partial charge in [-0.15, -0.1) is 0 Å². The molecular formula is C7H13NO3S. The van der Waals surface area contributed by atoms with Crippen molar-refractivity contribution in [3.05, 3.63) is 12.2 Å². The van der Waals surface area contributed by atoms with Crippen LogP contribution in [0.5, 0.6) is 0 Å². The average Bonchev–Trinajstić information content (AvgIpc) is 1.91. The zero-order valence-corrected chi connectivity index (χ0v) is 7.71. The molecule has 0 heterocycles. The lowest BCUT2D eigenvalue weighted by atomic mass is 10.00. The minimum atomic E-state index is -3.20. The number of rotatable bonds is 2. The van der Waals surface area contributed by atoms with E-state index in [4.69, 9.17) is 0 Å². The molecule has 70 valence electrons. The van der Waals surface area contributed by atoms with Crippen molar-refractivity contribution in [2.45, 2.75) is 25.0 Å². The van der Waals surface area contributed by atoms with Gasteiger partial charge in [0.05, 0.1) is 18.4 Å². The second kappa shape index (κ2) is 3.55. The lowest BCUT2D eigenvalue weighted by Gasteiger charge is -2.23. The number of hydrogen-bond donors (Lipinski definition) is 2. The number of sulfonamides is 1. The Labute approximate surface area is 72.3 Å². The molecule has 0 radical (unpaired) electrons. The van der Waals surface area contributed by atoms with Gasteiger partial charge in [-0.1, -0.05) is 12.2 Å². The Hall–Kier alpha value is -0.390. The average molecular weight is 191 g/mol. The predicted octanol–water partition coefficient (Wildman–Crippen LogP) is -0.385. The summed E-state index contributed by atoms with van der Waals surface area (Å²) in [5.74, 6) is 0. The Bertz CT molecular complexity index is 270. The molecule has 1 aliphatic rings. The van der Waals surface area contributed by atoms with Gasteiger partial charge in [-0.25, -0.2) is 13.1 Å². The van der Waals surface area contributed by atoms with E-state index in [1.807, 2.05) is 12.2 Å². The molecule has 0 spiro atoms. The standard InChI is InChI=1S/C7H13NO3S/c1-12(10,11)8-6-4-2-3-5-7(6)9/h2-3,6-9H,4-5H2,1H3/t6-,7+/m1/s1. The zero-order chi connectivity index (χ0) is 9.19. The van der Waals surface area contributed by atoms with Crippen LogP contribution in [0.1, 0.15) is 12.8 Å². The molecule has 0 aromatic rings. The quantitative estimate of drug-likeness (QED) is 0.584. The molecule has 5 heteroatoms. The van der Waals surface area contributed by atoms with E-state index >= 15 is 0 Å². The highest BCUT2D eigenvalue weighted by atomic mass is 32.2. The fourth-order valence-corrected chi connectivity index (χ4v) is 2.00. The van der Waals surface area contributed by atoms with Crippen molar-refractivity contribution in [2.24, 2.45) is 0 Å². The summed E-state index contributed by atoms with van der Waals surface area (Å²) in [6.45, 7) is 0. The maximum atomic E-state index is 10.8.